The summed E-state index contributed by atoms with van der Waals surface area (Å²) in [4.78, 5) is 0. The molecule has 0 aromatic carbocycles. The zero-order valence-corrected chi connectivity index (χ0v) is 11.9. The van der Waals surface area contributed by atoms with Gasteiger partial charge in [-0.05, 0) is 57.3 Å². The lowest BCUT2D eigenvalue weighted by Crippen LogP contribution is -2.46. The van der Waals surface area contributed by atoms with Crippen molar-refractivity contribution in [2.24, 2.45) is 29.1 Å². The summed E-state index contributed by atoms with van der Waals surface area (Å²) in [6, 6.07) is 0. The van der Waals surface area contributed by atoms with Gasteiger partial charge in [0.1, 0.15) is 0 Å². The van der Waals surface area contributed by atoms with Crippen LogP contribution in [0.4, 0.5) is 0 Å². The molecule has 6 atom stereocenters. The van der Waals surface area contributed by atoms with Gasteiger partial charge >= 0.3 is 0 Å². The Morgan fingerprint density at radius 3 is 2.44 bits per heavy atom. The second-order valence-electron chi connectivity index (χ2n) is 7.98. The number of rotatable bonds is 0. The number of hydrogen-bond acceptors (Lipinski definition) is 2. The van der Waals surface area contributed by atoms with Gasteiger partial charge < -0.3 is 9.84 Å². The summed E-state index contributed by atoms with van der Waals surface area (Å²) in [5.74, 6) is 1.57. The van der Waals surface area contributed by atoms with Crippen molar-refractivity contribution in [3.8, 4) is 0 Å². The highest BCUT2D eigenvalue weighted by atomic mass is 16.7. The smallest absolute Gasteiger partial charge is 0.175 e. The molecule has 2 nitrogen and oxygen atoms in total. The molecule has 0 radical (unpaired) electrons. The van der Waals surface area contributed by atoms with E-state index in [0.717, 1.165) is 5.92 Å². The molecule has 1 heterocycles. The summed E-state index contributed by atoms with van der Waals surface area (Å²) < 4.78 is 6.32. The highest BCUT2D eigenvalue weighted by Crippen LogP contribution is 2.75. The van der Waals surface area contributed by atoms with E-state index in [0.29, 0.717) is 17.8 Å². The largest absolute Gasteiger partial charge is 0.365 e. The second kappa shape index (κ2) is 3.15. The SMILES string of the molecule is CC1(C)O[C@@]2(O)[C@H]3CCCC[C@@H]3[C@H]3CC[C@@H]1C32C. The fraction of sp³-hybridized carbons (Fsp3) is 1.00. The van der Waals surface area contributed by atoms with Gasteiger partial charge in [-0.3, -0.25) is 0 Å². The predicted molar refractivity (Wildman–Crippen MR) is 69.9 cm³/mol. The Labute approximate surface area is 110 Å². The monoisotopic (exact) mass is 250 g/mol. The maximum absolute atomic E-state index is 11.4. The average Bonchev–Trinajstić information content (AvgIpc) is 2.80. The van der Waals surface area contributed by atoms with Gasteiger partial charge in [-0.2, -0.15) is 0 Å². The summed E-state index contributed by atoms with van der Waals surface area (Å²) in [6.45, 7) is 6.72. The van der Waals surface area contributed by atoms with E-state index < -0.39 is 5.79 Å². The summed E-state index contributed by atoms with van der Waals surface area (Å²) in [5.41, 5.74) is -0.114. The van der Waals surface area contributed by atoms with Crippen molar-refractivity contribution >= 4 is 0 Å². The van der Waals surface area contributed by atoms with Crippen LogP contribution in [0.15, 0.2) is 0 Å². The van der Waals surface area contributed by atoms with Crippen LogP contribution in [0.1, 0.15) is 59.3 Å². The summed E-state index contributed by atoms with van der Waals surface area (Å²) >= 11 is 0. The maximum atomic E-state index is 11.4. The van der Waals surface area contributed by atoms with Crippen LogP contribution < -0.4 is 0 Å². The first-order valence-corrected chi connectivity index (χ1v) is 7.84. The maximum Gasteiger partial charge on any atom is 0.175 e. The molecule has 1 N–H and O–H groups in total. The second-order valence-corrected chi connectivity index (χ2v) is 7.98. The minimum Gasteiger partial charge on any atom is -0.365 e. The van der Waals surface area contributed by atoms with Crippen LogP contribution in [0.2, 0.25) is 0 Å². The molecular formula is C16H26O2. The summed E-state index contributed by atoms with van der Waals surface area (Å²) in [5, 5.41) is 11.4. The third-order valence-electron chi connectivity index (χ3n) is 7.13. The summed E-state index contributed by atoms with van der Waals surface area (Å²) in [7, 11) is 0. The molecule has 3 saturated carbocycles. The molecule has 4 rings (SSSR count). The fourth-order valence-corrected chi connectivity index (χ4v) is 6.63. The zero-order valence-electron chi connectivity index (χ0n) is 11.9. The third kappa shape index (κ3) is 1.02. The Hall–Kier alpha value is -0.0800. The molecule has 1 aliphatic heterocycles. The fourth-order valence-electron chi connectivity index (χ4n) is 6.63. The Morgan fingerprint density at radius 1 is 0.944 bits per heavy atom. The number of aliphatic hydroxyl groups is 1. The van der Waals surface area contributed by atoms with Crippen molar-refractivity contribution in [1.82, 2.24) is 0 Å². The quantitative estimate of drug-likeness (QED) is 0.714. The van der Waals surface area contributed by atoms with Crippen molar-refractivity contribution in [3.05, 3.63) is 0 Å². The van der Waals surface area contributed by atoms with Crippen LogP contribution in [0.5, 0.6) is 0 Å². The molecular weight excluding hydrogens is 224 g/mol. The molecule has 4 fully saturated rings. The molecule has 1 saturated heterocycles. The number of fused-ring (bicyclic) bond motifs is 3. The Bertz CT molecular complexity index is 389. The van der Waals surface area contributed by atoms with Gasteiger partial charge in [-0.15, -0.1) is 0 Å². The van der Waals surface area contributed by atoms with Crippen molar-refractivity contribution < 1.29 is 9.84 Å². The normalized spacial score (nSPS) is 60.7. The van der Waals surface area contributed by atoms with Crippen molar-refractivity contribution in [3.63, 3.8) is 0 Å². The van der Waals surface area contributed by atoms with Gasteiger partial charge in [-0.25, -0.2) is 0 Å². The van der Waals surface area contributed by atoms with Crippen molar-refractivity contribution in [2.75, 3.05) is 0 Å². The van der Waals surface area contributed by atoms with Crippen LogP contribution >= 0.6 is 0 Å². The highest BCUT2D eigenvalue weighted by molar-refractivity contribution is 5.22. The van der Waals surface area contributed by atoms with Gasteiger partial charge in [0.2, 0.25) is 0 Å². The zero-order chi connectivity index (χ0) is 12.8. The van der Waals surface area contributed by atoms with Gasteiger partial charge in [0.05, 0.1) is 5.60 Å². The molecule has 0 spiro atoms. The van der Waals surface area contributed by atoms with E-state index in [1.165, 1.54) is 38.5 Å². The lowest BCUT2D eigenvalue weighted by atomic mass is 9.68. The van der Waals surface area contributed by atoms with E-state index in [4.69, 9.17) is 4.74 Å². The van der Waals surface area contributed by atoms with Crippen LogP contribution in [-0.4, -0.2) is 16.5 Å². The van der Waals surface area contributed by atoms with E-state index in [2.05, 4.69) is 20.8 Å². The van der Waals surface area contributed by atoms with Gasteiger partial charge in [0.15, 0.2) is 5.79 Å². The van der Waals surface area contributed by atoms with Gasteiger partial charge in [-0.1, -0.05) is 19.8 Å². The van der Waals surface area contributed by atoms with E-state index in [1.807, 2.05) is 0 Å². The van der Waals surface area contributed by atoms with E-state index in [-0.39, 0.29) is 11.0 Å². The average molecular weight is 250 g/mol. The Balaban J connectivity index is 1.86. The molecule has 18 heavy (non-hydrogen) atoms. The molecule has 3 aliphatic carbocycles. The van der Waals surface area contributed by atoms with Crippen LogP contribution in [0.25, 0.3) is 0 Å². The molecule has 2 heteroatoms. The lowest BCUT2D eigenvalue weighted by molar-refractivity contribution is -0.270. The minimum atomic E-state index is -0.826. The number of hydrogen-bond donors (Lipinski definition) is 1. The van der Waals surface area contributed by atoms with E-state index in [9.17, 15) is 5.11 Å². The summed E-state index contributed by atoms with van der Waals surface area (Å²) in [6.07, 6.45) is 7.70. The van der Waals surface area contributed by atoms with E-state index >= 15 is 0 Å². The van der Waals surface area contributed by atoms with E-state index in [1.54, 1.807) is 0 Å². The van der Waals surface area contributed by atoms with Gasteiger partial charge in [0.25, 0.3) is 0 Å². The van der Waals surface area contributed by atoms with Crippen molar-refractivity contribution in [2.45, 2.75) is 70.7 Å². The highest BCUT2D eigenvalue weighted by Gasteiger charge is 2.78. The molecule has 102 valence electrons. The molecule has 4 aliphatic rings. The predicted octanol–water partition coefficient (Wildman–Crippen LogP) is 3.34. The van der Waals surface area contributed by atoms with Crippen LogP contribution in [-0.2, 0) is 4.74 Å². The van der Waals surface area contributed by atoms with Gasteiger partial charge in [0, 0.05) is 11.3 Å². The standard InChI is InChI=1S/C16H26O2/c1-14(2)13-9-8-11-10-6-4-5-7-12(10)16(17,18-14)15(11,13)3/h10-13,17H,4-9H2,1-3H3/t10-,11-,12+,13+,15?,16+/m1/s1. The Morgan fingerprint density at radius 2 is 1.67 bits per heavy atom. The molecule has 0 amide bonds. The Kier molecular flexibility index (Phi) is 2.05. The topological polar surface area (TPSA) is 29.5 Å². The molecule has 0 aromatic rings. The first kappa shape index (κ1) is 11.7. The third-order valence-corrected chi connectivity index (χ3v) is 7.13. The first-order chi connectivity index (χ1) is 8.41. The molecule has 0 aromatic heterocycles. The minimum absolute atomic E-state index is 0.0240. The van der Waals surface area contributed by atoms with Crippen LogP contribution in [0, 0.1) is 29.1 Å². The lowest BCUT2D eigenvalue weighted by Gasteiger charge is -2.38. The first-order valence-electron chi connectivity index (χ1n) is 7.84. The number of ether oxygens (including phenoxy) is 1. The van der Waals surface area contributed by atoms with Crippen LogP contribution in [0.3, 0.4) is 0 Å². The van der Waals surface area contributed by atoms with Crippen molar-refractivity contribution in [1.29, 1.82) is 0 Å². The molecule has 1 unspecified atom stereocenters. The molecule has 0 bridgehead atoms.